The summed E-state index contributed by atoms with van der Waals surface area (Å²) < 4.78 is 17.3. The second kappa shape index (κ2) is 9.91. The van der Waals surface area contributed by atoms with Crippen molar-refractivity contribution in [3.8, 4) is 21.7 Å². The second-order valence-electron chi connectivity index (χ2n) is 5.15. The molecular weight excluding hydrogens is 365 g/mol. The first-order valence-corrected chi connectivity index (χ1v) is 9.82. The van der Waals surface area contributed by atoms with Crippen LogP contribution in [0.4, 0.5) is 4.39 Å². The molecule has 0 aliphatic heterocycles. The van der Waals surface area contributed by atoms with Gasteiger partial charge in [0.1, 0.15) is 17.5 Å². The van der Waals surface area contributed by atoms with Crippen molar-refractivity contribution in [3.63, 3.8) is 0 Å². The molecule has 0 aliphatic carbocycles. The summed E-state index contributed by atoms with van der Waals surface area (Å²) in [7, 11) is 0. The number of hydrogen-bond acceptors (Lipinski definition) is 4. The first kappa shape index (κ1) is 19.9. The highest BCUT2D eigenvalue weighted by atomic mass is 32.1. The third-order valence-corrected chi connectivity index (χ3v) is 4.69. The van der Waals surface area contributed by atoms with Gasteiger partial charge in [-0.25, -0.2) is 9.37 Å². The summed E-state index contributed by atoms with van der Waals surface area (Å²) in [5.41, 5.74) is 4.30. The Morgan fingerprint density at radius 3 is 1.92 bits per heavy atom. The van der Waals surface area contributed by atoms with Crippen LogP contribution in [-0.2, 0) is 0 Å². The maximum absolute atomic E-state index is 13.1. The fraction of sp³-hybridized carbons (Fsp3) is 0.190. The highest BCUT2D eigenvalue weighted by Gasteiger charge is 2.13. The Labute approximate surface area is 162 Å². The van der Waals surface area contributed by atoms with Crippen molar-refractivity contribution in [1.82, 2.24) is 4.98 Å². The SMILES string of the molecule is CC.Cc1ccc(-c2nc(C)sc2-c2ccc(F)cc2)cc1.c1osc#1. The summed E-state index contributed by atoms with van der Waals surface area (Å²) in [6.45, 7) is 8.06. The van der Waals surface area contributed by atoms with Crippen LogP contribution in [0.2, 0.25) is 0 Å². The van der Waals surface area contributed by atoms with E-state index in [0.29, 0.717) is 0 Å². The molecule has 0 radical (unpaired) electrons. The van der Waals surface area contributed by atoms with Crippen LogP contribution >= 0.6 is 23.0 Å². The quantitative estimate of drug-likeness (QED) is 0.364. The number of rotatable bonds is 2. The normalized spacial score (nSPS) is 9.42. The van der Waals surface area contributed by atoms with Crippen molar-refractivity contribution < 1.29 is 8.24 Å². The minimum Gasteiger partial charge on any atom is -0.340 e. The van der Waals surface area contributed by atoms with Gasteiger partial charge in [-0.2, -0.15) is 0 Å². The van der Waals surface area contributed by atoms with Gasteiger partial charge >= 0.3 is 0 Å². The van der Waals surface area contributed by atoms with E-state index in [1.807, 2.05) is 20.8 Å². The van der Waals surface area contributed by atoms with E-state index in [9.17, 15) is 4.39 Å². The number of thiazole rings is 1. The Morgan fingerprint density at radius 1 is 0.923 bits per heavy atom. The van der Waals surface area contributed by atoms with Gasteiger partial charge in [0.05, 0.1) is 21.0 Å². The zero-order chi connectivity index (χ0) is 18.9. The van der Waals surface area contributed by atoms with Crippen molar-refractivity contribution in [2.75, 3.05) is 0 Å². The van der Waals surface area contributed by atoms with E-state index in [1.165, 1.54) is 29.3 Å². The first-order chi connectivity index (χ1) is 12.6. The molecule has 4 rings (SSSR count). The van der Waals surface area contributed by atoms with Gasteiger partial charge < -0.3 is 3.85 Å². The number of hydrogen-bond donors (Lipinski definition) is 0. The Morgan fingerprint density at radius 2 is 1.42 bits per heavy atom. The molecule has 5 heteroatoms. The highest BCUT2D eigenvalue weighted by Crippen LogP contribution is 2.36. The summed E-state index contributed by atoms with van der Waals surface area (Å²) in [4.78, 5) is 5.72. The van der Waals surface area contributed by atoms with E-state index in [4.69, 9.17) is 0 Å². The summed E-state index contributed by atoms with van der Waals surface area (Å²) >= 11 is 2.81. The van der Waals surface area contributed by atoms with Crippen LogP contribution in [0.3, 0.4) is 0 Å². The Bertz CT molecular complexity index is 805. The molecule has 0 fully saturated rings. The summed E-state index contributed by atoms with van der Waals surface area (Å²) in [5.74, 6) is -0.216. The number of benzene rings is 2. The molecule has 0 spiro atoms. The predicted octanol–water partition coefficient (Wildman–Crippen LogP) is 7.20. The summed E-state index contributed by atoms with van der Waals surface area (Å²) in [6.07, 6.45) is 2.32. The molecule has 2 nitrogen and oxygen atoms in total. The zero-order valence-electron chi connectivity index (χ0n) is 15.2. The average Bonchev–Trinajstić information content (AvgIpc) is 2.98. The van der Waals surface area contributed by atoms with Gasteiger partial charge in [0.25, 0.3) is 0 Å². The molecule has 134 valence electrons. The van der Waals surface area contributed by atoms with Gasteiger partial charge in [0, 0.05) is 5.56 Å². The van der Waals surface area contributed by atoms with Gasteiger partial charge in [0.15, 0.2) is 6.26 Å². The monoisotopic (exact) mass is 385 g/mol. The van der Waals surface area contributed by atoms with Gasteiger partial charge in [-0.05, 0) is 31.5 Å². The van der Waals surface area contributed by atoms with Crippen molar-refractivity contribution in [2.24, 2.45) is 0 Å². The molecule has 4 aromatic rings. The van der Waals surface area contributed by atoms with Crippen LogP contribution in [0, 0.1) is 31.3 Å². The van der Waals surface area contributed by atoms with Gasteiger partial charge in [0.2, 0.25) is 0 Å². The topological polar surface area (TPSA) is 26.0 Å². The van der Waals surface area contributed by atoms with Crippen molar-refractivity contribution in [2.45, 2.75) is 27.7 Å². The van der Waals surface area contributed by atoms with Gasteiger partial charge in [-0.15, -0.1) is 11.3 Å². The zero-order valence-corrected chi connectivity index (χ0v) is 16.8. The molecule has 26 heavy (non-hydrogen) atoms. The molecule has 0 aliphatic rings. The molecule has 0 atom stereocenters. The van der Waals surface area contributed by atoms with Crippen LogP contribution in [0.1, 0.15) is 24.4 Å². The van der Waals surface area contributed by atoms with Gasteiger partial charge in [-0.3, -0.25) is 0 Å². The summed E-state index contributed by atoms with van der Waals surface area (Å²) in [5, 5.41) is 3.57. The van der Waals surface area contributed by atoms with Crippen LogP contribution in [-0.4, -0.2) is 4.98 Å². The predicted molar refractivity (Wildman–Crippen MR) is 108 cm³/mol. The standard InChI is InChI=1S/C17H14FNS.C2OS.C2H6/c1-11-3-5-13(6-4-11)16-17(20-12(2)19-16)14-7-9-15(18)10-8-14;1-2-4-3-1;1-2/h3-10H,1-2H3;;1-2H3. The second-order valence-corrected chi connectivity index (χ2v) is 6.89. The van der Waals surface area contributed by atoms with Crippen molar-refractivity contribution >= 4 is 23.0 Å². The number of halogens is 1. The van der Waals surface area contributed by atoms with E-state index in [0.717, 1.165) is 26.7 Å². The molecule has 0 unspecified atom stereocenters. The minimum absolute atomic E-state index is 0.216. The minimum atomic E-state index is -0.216. The lowest BCUT2D eigenvalue weighted by Crippen LogP contribution is -1.83. The molecule has 2 aromatic carbocycles. The third-order valence-electron chi connectivity index (χ3n) is 3.33. The smallest absolute Gasteiger partial charge is 0.154 e. The molecule has 0 saturated heterocycles. The Balaban J connectivity index is 0.000000350. The van der Waals surface area contributed by atoms with Crippen molar-refractivity contribution in [1.29, 1.82) is 0 Å². The lowest BCUT2D eigenvalue weighted by atomic mass is 10.1. The molecular formula is C21H20FNOS2. The van der Waals surface area contributed by atoms with Crippen LogP contribution in [0.5, 0.6) is 0 Å². The average molecular weight is 386 g/mol. The third kappa shape index (κ3) is 5.29. The van der Waals surface area contributed by atoms with E-state index in [-0.39, 0.29) is 5.82 Å². The summed E-state index contributed by atoms with van der Waals surface area (Å²) in [6, 6.07) is 14.9. The Hall–Kier alpha value is -2.42. The fourth-order valence-corrected chi connectivity index (χ4v) is 3.20. The lowest BCUT2D eigenvalue weighted by molar-refractivity contribution is 0.628. The highest BCUT2D eigenvalue weighted by molar-refractivity contribution is 7.15. The lowest BCUT2D eigenvalue weighted by Gasteiger charge is -2.03. The molecule has 0 bridgehead atoms. The van der Waals surface area contributed by atoms with Crippen LogP contribution in [0.25, 0.3) is 21.7 Å². The Kier molecular flexibility index (Phi) is 7.58. The maximum Gasteiger partial charge on any atom is 0.154 e. The molecule has 0 amide bonds. The van der Waals surface area contributed by atoms with E-state index < -0.39 is 0 Å². The number of aromatic nitrogens is 1. The number of aryl methyl sites for hydroxylation is 2. The molecule has 0 saturated carbocycles. The first-order valence-electron chi connectivity index (χ1n) is 8.26. The fourth-order valence-electron chi connectivity index (χ4n) is 2.17. The van der Waals surface area contributed by atoms with E-state index in [2.05, 4.69) is 51.7 Å². The van der Waals surface area contributed by atoms with Gasteiger partial charge in [-0.1, -0.05) is 55.8 Å². The van der Waals surface area contributed by atoms with Crippen LogP contribution < -0.4 is 0 Å². The maximum atomic E-state index is 13.1. The molecule has 2 aromatic heterocycles. The molecule has 2 heterocycles. The van der Waals surface area contributed by atoms with Crippen molar-refractivity contribution in [3.05, 3.63) is 76.6 Å². The molecule has 0 N–H and O–H groups in total. The number of nitrogens with zero attached hydrogens (tertiary/aromatic N) is 1. The van der Waals surface area contributed by atoms with Crippen LogP contribution in [0.15, 0.2) is 52.4 Å². The largest absolute Gasteiger partial charge is 0.340 e. The van der Waals surface area contributed by atoms with E-state index in [1.54, 1.807) is 23.5 Å². The van der Waals surface area contributed by atoms with E-state index >= 15 is 0 Å².